The third kappa shape index (κ3) is 6.23. The fourth-order valence-electron chi connectivity index (χ4n) is 5.63. The van der Waals surface area contributed by atoms with Crippen molar-refractivity contribution in [1.29, 1.82) is 0 Å². The van der Waals surface area contributed by atoms with Crippen LogP contribution in [0.2, 0.25) is 0 Å². The van der Waals surface area contributed by atoms with Crippen LogP contribution in [0.3, 0.4) is 0 Å². The van der Waals surface area contributed by atoms with Crippen molar-refractivity contribution in [3.05, 3.63) is 41.6 Å². The molecule has 1 saturated carbocycles. The van der Waals surface area contributed by atoms with E-state index >= 15 is 0 Å². The van der Waals surface area contributed by atoms with E-state index in [1.807, 2.05) is 26.8 Å². The molecule has 1 atom stereocenters. The van der Waals surface area contributed by atoms with E-state index in [1.165, 1.54) is 21.3 Å². The number of benzene rings is 2. The highest BCUT2D eigenvalue weighted by atomic mass is 32.2. The maximum atomic E-state index is 13.9. The summed E-state index contributed by atoms with van der Waals surface area (Å²) in [6.07, 6.45) is 3.27. The molecule has 3 heterocycles. The van der Waals surface area contributed by atoms with Crippen LogP contribution in [0.15, 0.2) is 39.8 Å². The first-order chi connectivity index (χ1) is 21.9. The molecule has 0 unspecified atom stereocenters. The van der Waals surface area contributed by atoms with Gasteiger partial charge in [0.1, 0.15) is 22.8 Å². The Labute approximate surface area is 266 Å². The van der Waals surface area contributed by atoms with Gasteiger partial charge in [0.2, 0.25) is 0 Å². The van der Waals surface area contributed by atoms with Crippen LogP contribution in [0, 0.1) is 0 Å². The van der Waals surface area contributed by atoms with Crippen molar-refractivity contribution in [2.24, 2.45) is 0 Å². The van der Waals surface area contributed by atoms with Crippen LogP contribution in [0.25, 0.3) is 11.0 Å². The molecule has 1 saturated heterocycles. The lowest BCUT2D eigenvalue weighted by Crippen LogP contribution is -2.36. The molecule has 15 heteroatoms. The topological polar surface area (TPSA) is 170 Å². The third-order valence-electron chi connectivity index (χ3n) is 7.92. The van der Waals surface area contributed by atoms with Gasteiger partial charge in [0.25, 0.3) is 10.0 Å². The highest BCUT2D eigenvalue weighted by molar-refractivity contribution is 7.93. The number of amides is 1. The number of sulfonamides is 1. The number of H-pyrrole nitrogens is 1. The molecule has 4 aromatic rings. The lowest BCUT2D eigenvalue weighted by atomic mass is 10.0. The SMILES string of the molecule is COc1cc2c(NS(=O)(=O)c3c(OC)cc([C@@H]4CCCN4C(=O)OC(C)(C)C)cc3OC)noc2cc1Nc1cc(C2CC2)[nH]n1. The zero-order valence-corrected chi connectivity index (χ0v) is 27.4. The number of fused-ring (bicyclic) bond motifs is 1. The fourth-order valence-corrected chi connectivity index (χ4v) is 6.95. The van der Waals surface area contributed by atoms with Crippen LogP contribution >= 0.6 is 0 Å². The third-order valence-corrected chi connectivity index (χ3v) is 9.32. The number of nitrogens with one attached hydrogen (secondary N) is 3. The molecule has 2 aromatic carbocycles. The van der Waals surface area contributed by atoms with Crippen LogP contribution in [0.4, 0.5) is 22.1 Å². The predicted molar refractivity (Wildman–Crippen MR) is 170 cm³/mol. The Hall–Kier alpha value is -4.66. The largest absolute Gasteiger partial charge is 0.495 e. The monoisotopic (exact) mass is 654 g/mol. The molecular formula is C31H38N6O8S. The normalized spacial score (nSPS) is 16.8. The molecule has 46 heavy (non-hydrogen) atoms. The standard InChI is InChI=1S/C31H38N6O8S/c1-31(2,3)44-30(38)37-11-7-8-22(37)18-12-25(42-5)28(26(13-18)43-6)46(39,40)36-29-19-14-24(41-4)21(15-23(19)45-35-29)32-27-16-20(33-34-27)17-9-10-17/h12-17,22H,7-11H2,1-6H3,(H,35,36)(H2,32,33,34)/t22-/m0/s1. The van der Waals surface area contributed by atoms with Gasteiger partial charge in [-0.1, -0.05) is 5.16 Å². The molecular weight excluding hydrogens is 616 g/mol. The fraction of sp³-hybridized carbons (Fsp3) is 0.452. The summed E-state index contributed by atoms with van der Waals surface area (Å²) < 4.78 is 58.2. The Morgan fingerprint density at radius 3 is 2.33 bits per heavy atom. The minimum Gasteiger partial charge on any atom is -0.495 e. The minimum atomic E-state index is -4.33. The summed E-state index contributed by atoms with van der Waals surface area (Å²) in [4.78, 5) is 14.4. The number of methoxy groups -OCH3 is 3. The van der Waals surface area contributed by atoms with Crippen LogP contribution in [-0.4, -0.2) is 68.2 Å². The molecule has 2 aromatic heterocycles. The Morgan fingerprint density at radius 2 is 1.70 bits per heavy atom. The Morgan fingerprint density at radius 1 is 1.00 bits per heavy atom. The molecule has 1 aliphatic carbocycles. The summed E-state index contributed by atoms with van der Waals surface area (Å²) in [5.74, 6) is 1.60. The summed E-state index contributed by atoms with van der Waals surface area (Å²) in [7, 11) is -0.0796. The van der Waals surface area contributed by atoms with E-state index in [1.54, 1.807) is 29.2 Å². The summed E-state index contributed by atoms with van der Waals surface area (Å²) in [5.41, 5.74) is 1.96. The summed E-state index contributed by atoms with van der Waals surface area (Å²) in [6, 6.07) is 8.11. The molecule has 1 aliphatic heterocycles. The second-order valence-electron chi connectivity index (χ2n) is 12.4. The Balaban J connectivity index is 1.29. The number of rotatable bonds is 10. The van der Waals surface area contributed by atoms with Crippen molar-refractivity contribution in [3.8, 4) is 17.2 Å². The van der Waals surface area contributed by atoms with E-state index in [2.05, 4.69) is 25.4 Å². The maximum absolute atomic E-state index is 13.9. The second-order valence-corrected chi connectivity index (χ2v) is 14.0. The number of likely N-dealkylation sites (tertiary alicyclic amines) is 1. The Kier molecular flexibility index (Phi) is 8.12. The van der Waals surface area contributed by atoms with Gasteiger partial charge in [0.15, 0.2) is 22.1 Å². The van der Waals surface area contributed by atoms with Crippen LogP contribution < -0.4 is 24.2 Å². The molecule has 2 aliphatic rings. The van der Waals surface area contributed by atoms with Crippen molar-refractivity contribution in [2.45, 2.75) is 68.9 Å². The van der Waals surface area contributed by atoms with Gasteiger partial charge < -0.3 is 33.7 Å². The number of hydrogen-bond donors (Lipinski definition) is 3. The van der Waals surface area contributed by atoms with Crippen molar-refractivity contribution in [2.75, 3.05) is 37.9 Å². The van der Waals surface area contributed by atoms with Gasteiger partial charge in [-0.05, 0) is 70.2 Å². The van der Waals surface area contributed by atoms with E-state index in [0.29, 0.717) is 52.7 Å². The summed E-state index contributed by atoms with van der Waals surface area (Å²) in [6.45, 7) is 5.94. The van der Waals surface area contributed by atoms with Crippen LogP contribution in [-0.2, 0) is 14.8 Å². The van der Waals surface area contributed by atoms with Crippen molar-refractivity contribution < 1.29 is 36.7 Å². The van der Waals surface area contributed by atoms with Crippen molar-refractivity contribution in [3.63, 3.8) is 0 Å². The van der Waals surface area contributed by atoms with Gasteiger partial charge in [0.05, 0.1) is 38.4 Å². The van der Waals surface area contributed by atoms with E-state index in [-0.39, 0.29) is 28.3 Å². The highest BCUT2D eigenvalue weighted by Gasteiger charge is 2.36. The van der Waals surface area contributed by atoms with Gasteiger partial charge >= 0.3 is 6.09 Å². The molecule has 0 radical (unpaired) electrons. The molecule has 3 N–H and O–H groups in total. The molecule has 6 rings (SSSR count). The van der Waals surface area contributed by atoms with E-state index in [4.69, 9.17) is 23.5 Å². The number of carbonyl (C=O) groups is 1. The lowest BCUT2D eigenvalue weighted by molar-refractivity contribution is 0.0224. The number of hydrogen-bond acceptors (Lipinski definition) is 11. The average molecular weight is 655 g/mol. The first kappa shape index (κ1) is 31.3. The Bertz CT molecular complexity index is 1850. The van der Waals surface area contributed by atoms with Gasteiger partial charge in [-0.3, -0.25) is 9.82 Å². The van der Waals surface area contributed by atoms with E-state index in [9.17, 15) is 13.2 Å². The number of anilines is 3. The smallest absolute Gasteiger partial charge is 0.410 e. The van der Waals surface area contributed by atoms with Gasteiger partial charge in [-0.15, -0.1) is 0 Å². The summed E-state index contributed by atoms with van der Waals surface area (Å²) in [5, 5.41) is 15.0. The number of carbonyl (C=O) groups excluding carboxylic acids is 1. The maximum Gasteiger partial charge on any atom is 0.410 e. The lowest BCUT2D eigenvalue weighted by Gasteiger charge is -2.29. The predicted octanol–water partition coefficient (Wildman–Crippen LogP) is 6.07. The molecule has 14 nitrogen and oxygen atoms in total. The quantitative estimate of drug-likeness (QED) is 0.181. The summed E-state index contributed by atoms with van der Waals surface area (Å²) >= 11 is 0. The molecule has 0 bridgehead atoms. The number of aromatic amines is 1. The van der Waals surface area contributed by atoms with Crippen molar-refractivity contribution >= 4 is 44.4 Å². The first-order valence-corrected chi connectivity index (χ1v) is 16.5. The van der Waals surface area contributed by atoms with Gasteiger partial charge in [-0.2, -0.15) is 5.10 Å². The van der Waals surface area contributed by atoms with Crippen molar-refractivity contribution in [1.82, 2.24) is 20.3 Å². The number of nitrogens with zero attached hydrogens (tertiary/aromatic N) is 3. The zero-order valence-electron chi connectivity index (χ0n) is 26.6. The molecule has 0 spiro atoms. The molecule has 1 amide bonds. The van der Waals surface area contributed by atoms with Crippen LogP contribution in [0.1, 0.15) is 69.7 Å². The molecule has 2 fully saturated rings. The van der Waals surface area contributed by atoms with Crippen LogP contribution in [0.5, 0.6) is 17.2 Å². The number of aromatic nitrogens is 3. The average Bonchev–Trinajstić information content (AvgIpc) is 3.36. The number of ether oxygens (including phenoxy) is 4. The molecule has 246 valence electrons. The van der Waals surface area contributed by atoms with E-state index in [0.717, 1.165) is 25.0 Å². The minimum absolute atomic E-state index is 0.0410. The van der Waals surface area contributed by atoms with E-state index < -0.39 is 21.7 Å². The van der Waals surface area contributed by atoms with Gasteiger partial charge in [-0.25, -0.2) is 13.2 Å². The second kappa shape index (κ2) is 11.9. The first-order valence-electron chi connectivity index (χ1n) is 15.0. The highest BCUT2D eigenvalue weighted by Crippen LogP contribution is 2.43. The zero-order chi connectivity index (χ0) is 32.8. The van der Waals surface area contributed by atoms with Gasteiger partial charge in [0, 0.05) is 30.3 Å².